The highest BCUT2D eigenvalue weighted by Crippen LogP contribution is 2.29. The summed E-state index contributed by atoms with van der Waals surface area (Å²) in [5.74, 6) is -0.755. The molecule has 7 heteroatoms. The third kappa shape index (κ3) is 3.98. The number of carbonyl (C=O) groups is 3. The van der Waals surface area contributed by atoms with Crippen molar-refractivity contribution < 1.29 is 23.9 Å². The van der Waals surface area contributed by atoms with Crippen LogP contribution >= 0.6 is 0 Å². The van der Waals surface area contributed by atoms with E-state index in [0.717, 1.165) is 0 Å². The lowest BCUT2D eigenvalue weighted by atomic mass is 9.95. The molecule has 0 aromatic heterocycles. The van der Waals surface area contributed by atoms with E-state index in [1.165, 1.54) is 7.11 Å². The lowest BCUT2D eigenvalue weighted by Crippen LogP contribution is -2.45. The Morgan fingerprint density at radius 2 is 1.74 bits per heavy atom. The van der Waals surface area contributed by atoms with E-state index in [9.17, 15) is 14.4 Å². The molecule has 0 radical (unpaired) electrons. The van der Waals surface area contributed by atoms with Crippen LogP contribution < -0.4 is 15.4 Å². The second-order valence-electron chi connectivity index (χ2n) is 5.89. The zero-order chi connectivity index (χ0) is 19.4. The van der Waals surface area contributed by atoms with E-state index in [4.69, 9.17) is 9.47 Å². The van der Waals surface area contributed by atoms with Gasteiger partial charge in [-0.15, -0.1) is 0 Å². The van der Waals surface area contributed by atoms with Crippen molar-refractivity contribution in [2.75, 3.05) is 7.11 Å². The highest BCUT2D eigenvalue weighted by atomic mass is 16.5. The lowest BCUT2D eigenvalue weighted by Gasteiger charge is -2.28. The summed E-state index contributed by atoms with van der Waals surface area (Å²) < 4.78 is 10.2. The summed E-state index contributed by atoms with van der Waals surface area (Å²) in [7, 11) is 1.27. The zero-order valence-corrected chi connectivity index (χ0v) is 14.8. The molecule has 0 bridgehead atoms. The number of ether oxygens (including phenoxy) is 2. The summed E-state index contributed by atoms with van der Waals surface area (Å²) in [6.07, 6.45) is 0. The van der Waals surface area contributed by atoms with Gasteiger partial charge in [-0.3, -0.25) is 0 Å². The summed E-state index contributed by atoms with van der Waals surface area (Å²) in [5.41, 5.74) is 1.69. The predicted octanol–water partition coefficient (Wildman–Crippen LogP) is 2.71. The molecule has 0 aliphatic carbocycles. The van der Waals surface area contributed by atoms with E-state index in [1.54, 1.807) is 61.5 Å². The highest BCUT2D eigenvalue weighted by Gasteiger charge is 2.32. The molecule has 27 heavy (non-hydrogen) atoms. The molecule has 2 amide bonds. The number of carbonyl (C=O) groups excluding carboxylic acids is 3. The van der Waals surface area contributed by atoms with Crippen LogP contribution in [0.3, 0.4) is 0 Å². The standard InChI is InChI=1S/C20H18N2O5/c1-12-16(19(24)26-2)17(22-20(25)21-12)14-9-6-10-15(11-14)27-18(23)13-7-4-3-5-8-13/h3-11,17H,1-2H3,(H2,21,22,25). The number of benzene rings is 2. The maximum atomic E-state index is 12.2. The zero-order valence-electron chi connectivity index (χ0n) is 14.8. The number of nitrogens with one attached hydrogen (secondary N) is 2. The van der Waals surface area contributed by atoms with Gasteiger partial charge < -0.3 is 20.1 Å². The number of rotatable bonds is 4. The summed E-state index contributed by atoms with van der Waals surface area (Å²) in [6, 6.07) is 14.1. The molecule has 1 aliphatic heterocycles. The molecule has 2 N–H and O–H groups in total. The first-order valence-electron chi connectivity index (χ1n) is 8.23. The summed E-state index contributed by atoms with van der Waals surface area (Å²) in [4.78, 5) is 36.3. The summed E-state index contributed by atoms with van der Waals surface area (Å²) >= 11 is 0. The average Bonchev–Trinajstić information content (AvgIpc) is 2.67. The maximum Gasteiger partial charge on any atom is 0.343 e. The minimum Gasteiger partial charge on any atom is -0.466 e. The van der Waals surface area contributed by atoms with E-state index in [-0.39, 0.29) is 5.57 Å². The van der Waals surface area contributed by atoms with Crippen molar-refractivity contribution in [2.45, 2.75) is 13.0 Å². The normalized spacial score (nSPS) is 16.2. The summed E-state index contributed by atoms with van der Waals surface area (Å²) in [5, 5.41) is 5.25. The van der Waals surface area contributed by atoms with Crippen molar-refractivity contribution >= 4 is 18.0 Å². The van der Waals surface area contributed by atoms with Gasteiger partial charge in [-0.2, -0.15) is 0 Å². The van der Waals surface area contributed by atoms with Crippen LogP contribution in [-0.4, -0.2) is 25.1 Å². The Morgan fingerprint density at radius 3 is 2.44 bits per heavy atom. The highest BCUT2D eigenvalue weighted by molar-refractivity contribution is 5.95. The van der Waals surface area contributed by atoms with Gasteiger partial charge >= 0.3 is 18.0 Å². The molecular formula is C20H18N2O5. The van der Waals surface area contributed by atoms with Gasteiger partial charge in [-0.25, -0.2) is 14.4 Å². The van der Waals surface area contributed by atoms with Crippen molar-refractivity contribution in [2.24, 2.45) is 0 Å². The number of urea groups is 1. The van der Waals surface area contributed by atoms with Gasteiger partial charge in [0.2, 0.25) is 0 Å². The number of hydrogen-bond donors (Lipinski definition) is 2. The second-order valence-corrected chi connectivity index (χ2v) is 5.89. The van der Waals surface area contributed by atoms with Crippen LogP contribution in [0.25, 0.3) is 0 Å². The van der Waals surface area contributed by atoms with Gasteiger partial charge in [-0.05, 0) is 36.8 Å². The van der Waals surface area contributed by atoms with Crippen LogP contribution in [0.4, 0.5) is 4.79 Å². The first-order valence-corrected chi connectivity index (χ1v) is 8.23. The number of methoxy groups -OCH3 is 1. The molecule has 0 saturated carbocycles. The van der Waals surface area contributed by atoms with Gasteiger partial charge in [0.25, 0.3) is 0 Å². The Balaban J connectivity index is 1.90. The van der Waals surface area contributed by atoms with Gasteiger partial charge in [0, 0.05) is 5.70 Å². The predicted molar refractivity (Wildman–Crippen MR) is 97.0 cm³/mol. The van der Waals surface area contributed by atoms with E-state index in [0.29, 0.717) is 22.6 Å². The van der Waals surface area contributed by atoms with Gasteiger partial charge in [0.1, 0.15) is 5.75 Å². The minimum atomic E-state index is -0.721. The lowest BCUT2D eigenvalue weighted by molar-refractivity contribution is -0.136. The van der Waals surface area contributed by atoms with Gasteiger partial charge in [-0.1, -0.05) is 30.3 Å². The first-order chi connectivity index (χ1) is 13.0. The Morgan fingerprint density at radius 1 is 1.00 bits per heavy atom. The molecule has 2 aromatic rings. The van der Waals surface area contributed by atoms with E-state index in [2.05, 4.69) is 10.6 Å². The third-order valence-electron chi connectivity index (χ3n) is 4.09. The maximum absolute atomic E-state index is 12.2. The number of hydrogen-bond acceptors (Lipinski definition) is 5. The van der Waals surface area contributed by atoms with Gasteiger partial charge in [0.05, 0.1) is 24.3 Å². The van der Waals surface area contributed by atoms with Crippen LogP contribution in [-0.2, 0) is 9.53 Å². The Hall–Kier alpha value is -3.61. The monoisotopic (exact) mass is 366 g/mol. The number of amides is 2. The quantitative estimate of drug-likeness (QED) is 0.641. The molecule has 7 nitrogen and oxygen atoms in total. The van der Waals surface area contributed by atoms with Crippen LogP contribution in [0.15, 0.2) is 65.9 Å². The number of allylic oxidation sites excluding steroid dienone is 1. The summed E-state index contributed by atoms with van der Waals surface area (Å²) in [6.45, 7) is 1.62. The topological polar surface area (TPSA) is 93.7 Å². The fourth-order valence-corrected chi connectivity index (χ4v) is 2.82. The van der Waals surface area contributed by atoms with Crippen LogP contribution in [0.2, 0.25) is 0 Å². The Bertz CT molecular complexity index is 921. The minimum absolute atomic E-state index is 0.281. The molecule has 0 fully saturated rings. The average molecular weight is 366 g/mol. The third-order valence-corrected chi connectivity index (χ3v) is 4.09. The Labute approximate surface area is 156 Å². The molecule has 1 aliphatic rings. The number of esters is 2. The van der Waals surface area contributed by atoms with Crippen LogP contribution in [0, 0.1) is 0 Å². The molecule has 0 saturated heterocycles. The van der Waals surface area contributed by atoms with E-state index < -0.39 is 24.0 Å². The molecule has 0 spiro atoms. The van der Waals surface area contributed by atoms with E-state index in [1.807, 2.05) is 0 Å². The molecule has 1 atom stereocenters. The SMILES string of the molecule is COC(=O)C1=C(C)NC(=O)NC1c1cccc(OC(=O)c2ccccc2)c1. The van der Waals surface area contributed by atoms with Crippen molar-refractivity contribution in [3.63, 3.8) is 0 Å². The largest absolute Gasteiger partial charge is 0.466 e. The van der Waals surface area contributed by atoms with Crippen molar-refractivity contribution in [3.05, 3.63) is 77.0 Å². The van der Waals surface area contributed by atoms with Crippen LogP contribution in [0.1, 0.15) is 28.9 Å². The smallest absolute Gasteiger partial charge is 0.343 e. The van der Waals surface area contributed by atoms with Gasteiger partial charge in [0.15, 0.2) is 0 Å². The van der Waals surface area contributed by atoms with Crippen molar-refractivity contribution in [3.8, 4) is 5.75 Å². The first kappa shape index (κ1) is 18.2. The molecular weight excluding hydrogens is 348 g/mol. The van der Waals surface area contributed by atoms with Crippen molar-refractivity contribution in [1.82, 2.24) is 10.6 Å². The van der Waals surface area contributed by atoms with Crippen LogP contribution in [0.5, 0.6) is 5.75 Å². The van der Waals surface area contributed by atoms with Crippen molar-refractivity contribution in [1.29, 1.82) is 0 Å². The molecule has 3 rings (SSSR count). The molecule has 2 aromatic carbocycles. The second kappa shape index (κ2) is 7.74. The fourth-order valence-electron chi connectivity index (χ4n) is 2.82. The Kier molecular flexibility index (Phi) is 5.21. The molecule has 1 unspecified atom stereocenters. The van der Waals surface area contributed by atoms with E-state index >= 15 is 0 Å². The molecule has 138 valence electrons. The fraction of sp³-hybridized carbons (Fsp3) is 0.150. The molecule has 1 heterocycles.